The van der Waals surface area contributed by atoms with Crippen LogP contribution in [-0.4, -0.2) is 57.8 Å². The molecule has 0 saturated carbocycles. The third kappa shape index (κ3) is 6.31. The summed E-state index contributed by atoms with van der Waals surface area (Å²) in [5.74, 6) is -0.339. The standard InChI is InChI=1S/C24H33N3O4S/c1-18-5-6-19(2)23(15-18)27(32(4,29)30)20(3)24(28)25-16-21-7-9-22(10-8-21)17-26-11-13-31-14-12-26/h5-10,15,20H,11-14,16-17H2,1-4H3,(H,25,28)/t20-/m0/s1. The summed E-state index contributed by atoms with van der Waals surface area (Å²) in [6, 6.07) is 12.9. The van der Waals surface area contributed by atoms with Crippen molar-refractivity contribution in [3.05, 3.63) is 64.7 Å². The topological polar surface area (TPSA) is 79.0 Å². The average molecular weight is 460 g/mol. The summed E-state index contributed by atoms with van der Waals surface area (Å²) >= 11 is 0. The number of nitrogens with one attached hydrogen (secondary N) is 1. The number of carbonyl (C=O) groups is 1. The number of sulfonamides is 1. The van der Waals surface area contributed by atoms with Crippen LogP contribution in [0.5, 0.6) is 0 Å². The van der Waals surface area contributed by atoms with Gasteiger partial charge in [0.1, 0.15) is 6.04 Å². The normalized spacial score (nSPS) is 15.9. The maximum Gasteiger partial charge on any atom is 0.243 e. The van der Waals surface area contributed by atoms with E-state index >= 15 is 0 Å². The van der Waals surface area contributed by atoms with Crippen LogP contribution in [0.4, 0.5) is 5.69 Å². The highest BCUT2D eigenvalue weighted by Gasteiger charge is 2.30. The molecule has 2 aromatic rings. The summed E-state index contributed by atoms with van der Waals surface area (Å²) in [4.78, 5) is 15.2. The van der Waals surface area contributed by atoms with E-state index in [0.29, 0.717) is 12.2 Å². The number of aryl methyl sites for hydroxylation is 2. The van der Waals surface area contributed by atoms with E-state index in [1.54, 1.807) is 13.0 Å². The van der Waals surface area contributed by atoms with Gasteiger partial charge in [-0.05, 0) is 49.1 Å². The lowest BCUT2D eigenvalue weighted by molar-refractivity contribution is -0.122. The van der Waals surface area contributed by atoms with Gasteiger partial charge in [0, 0.05) is 26.2 Å². The second kappa shape index (κ2) is 10.5. The van der Waals surface area contributed by atoms with Gasteiger partial charge in [-0.15, -0.1) is 0 Å². The summed E-state index contributed by atoms with van der Waals surface area (Å²) < 4.78 is 31.7. The van der Waals surface area contributed by atoms with Crippen molar-refractivity contribution in [1.82, 2.24) is 10.2 Å². The molecule has 1 heterocycles. The van der Waals surface area contributed by atoms with E-state index in [4.69, 9.17) is 4.74 Å². The molecule has 8 heteroatoms. The van der Waals surface area contributed by atoms with E-state index in [-0.39, 0.29) is 5.91 Å². The summed E-state index contributed by atoms with van der Waals surface area (Å²) in [5.41, 5.74) is 4.45. The molecular weight excluding hydrogens is 426 g/mol. The van der Waals surface area contributed by atoms with Crippen molar-refractivity contribution in [3.63, 3.8) is 0 Å². The number of ether oxygens (including phenoxy) is 1. The summed E-state index contributed by atoms with van der Waals surface area (Å²) in [6.45, 7) is 10.00. The molecule has 1 aliphatic rings. The van der Waals surface area contributed by atoms with Gasteiger partial charge in [0.05, 0.1) is 25.2 Å². The third-order valence-corrected chi connectivity index (χ3v) is 6.92. The van der Waals surface area contributed by atoms with E-state index in [2.05, 4.69) is 22.3 Å². The number of hydrogen-bond donors (Lipinski definition) is 1. The third-order valence-electron chi connectivity index (χ3n) is 5.69. The first kappa shape index (κ1) is 24.2. The zero-order valence-corrected chi connectivity index (χ0v) is 20.1. The maximum absolute atomic E-state index is 12.9. The summed E-state index contributed by atoms with van der Waals surface area (Å²) in [5, 5.41) is 2.88. The van der Waals surface area contributed by atoms with Crippen LogP contribution in [0.25, 0.3) is 0 Å². The van der Waals surface area contributed by atoms with Gasteiger partial charge in [-0.1, -0.05) is 36.4 Å². The molecule has 2 aromatic carbocycles. The Labute approximate surface area is 191 Å². The van der Waals surface area contributed by atoms with Gasteiger partial charge in [0.25, 0.3) is 0 Å². The Morgan fingerprint density at radius 1 is 1.09 bits per heavy atom. The highest BCUT2D eigenvalue weighted by Crippen LogP contribution is 2.26. The molecule has 1 fully saturated rings. The van der Waals surface area contributed by atoms with Crippen molar-refractivity contribution in [2.45, 2.75) is 39.9 Å². The van der Waals surface area contributed by atoms with Crippen molar-refractivity contribution in [3.8, 4) is 0 Å². The zero-order chi connectivity index (χ0) is 23.3. The fourth-order valence-electron chi connectivity index (χ4n) is 3.85. The number of hydrogen-bond acceptors (Lipinski definition) is 5. The van der Waals surface area contributed by atoms with E-state index in [1.807, 2.05) is 38.1 Å². The van der Waals surface area contributed by atoms with Gasteiger partial charge < -0.3 is 10.1 Å². The van der Waals surface area contributed by atoms with Crippen LogP contribution in [0.2, 0.25) is 0 Å². The SMILES string of the molecule is Cc1ccc(C)c(N([C@@H](C)C(=O)NCc2ccc(CN3CCOCC3)cc2)S(C)(=O)=O)c1. The lowest BCUT2D eigenvalue weighted by Gasteiger charge is -2.29. The number of morpholine rings is 1. The number of rotatable bonds is 8. The first-order chi connectivity index (χ1) is 15.1. The molecule has 1 amide bonds. The fraction of sp³-hybridized carbons (Fsp3) is 0.458. The number of carbonyl (C=O) groups excluding carboxylic acids is 1. The predicted octanol–water partition coefficient (Wildman–Crippen LogP) is 2.61. The Morgan fingerprint density at radius 3 is 2.34 bits per heavy atom. The molecule has 0 spiro atoms. The summed E-state index contributed by atoms with van der Waals surface area (Å²) in [7, 11) is -3.65. The molecule has 32 heavy (non-hydrogen) atoms. The number of anilines is 1. The highest BCUT2D eigenvalue weighted by atomic mass is 32.2. The molecule has 174 valence electrons. The lowest BCUT2D eigenvalue weighted by Crippen LogP contribution is -2.48. The predicted molar refractivity (Wildman–Crippen MR) is 127 cm³/mol. The van der Waals surface area contributed by atoms with Crippen molar-refractivity contribution in [1.29, 1.82) is 0 Å². The first-order valence-corrected chi connectivity index (χ1v) is 12.7. The molecule has 1 aliphatic heterocycles. The minimum Gasteiger partial charge on any atom is -0.379 e. The number of nitrogens with zero attached hydrogens (tertiary/aromatic N) is 2. The Hall–Kier alpha value is -2.42. The first-order valence-electron chi connectivity index (χ1n) is 10.9. The molecular formula is C24H33N3O4S. The highest BCUT2D eigenvalue weighted by molar-refractivity contribution is 7.92. The number of amides is 1. The second-order valence-corrected chi connectivity index (χ2v) is 10.3. The summed E-state index contributed by atoms with van der Waals surface area (Å²) in [6.07, 6.45) is 1.13. The largest absolute Gasteiger partial charge is 0.379 e. The molecule has 1 atom stereocenters. The van der Waals surface area contributed by atoms with Crippen LogP contribution >= 0.6 is 0 Å². The maximum atomic E-state index is 12.9. The smallest absolute Gasteiger partial charge is 0.243 e. The van der Waals surface area contributed by atoms with Crippen LogP contribution in [0.15, 0.2) is 42.5 Å². The van der Waals surface area contributed by atoms with E-state index < -0.39 is 16.1 Å². The van der Waals surface area contributed by atoms with E-state index in [0.717, 1.165) is 55.8 Å². The van der Waals surface area contributed by atoms with Gasteiger partial charge in [-0.2, -0.15) is 0 Å². The van der Waals surface area contributed by atoms with Crippen LogP contribution in [0.3, 0.4) is 0 Å². The minimum absolute atomic E-state index is 0.339. The van der Waals surface area contributed by atoms with Crippen molar-refractivity contribution < 1.29 is 17.9 Å². The Morgan fingerprint density at radius 2 is 1.72 bits per heavy atom. The Kier molecular flexibility index (Phi) is 7.92. The van der Waals surface area contributed by atoms with Crippen LogP contribution in [0.1, 0.15) is 29.2 Å². The minimum atomic E-state index is -3.65. The van der Waals surface area contributed by atoms with Crippen molar-refractivity contribution >= 4 is 21.6 Å². The van der Waals surface area contributed by atoms with Gasteiger partial charge in [-0.25, -0.2) is 8.42 Å². The Balaban J connectivity index is 1.64. The molecule has 0 bridgehead atoms. The molecule has 0 aromatic heterocycles. The molecule has 3 rings (SSSR count). The molecule has 0 unspecified atom stereocenters. The fourth-order valence-corrected chi connectivity index (χ4v) is 5.08. The molecule has 0 aliphatic carbocycles. The van der Waals surface area contributed by atoms with E-state index in [1.165, 1.54) is 9.87 Å². The van der Waals surface area contributed by atoms with Gasteiger partial charge in [-0.3, -0.25) is 14.0 Å². The van der Waals surface area contributed by atoms with Crippen molar-refractivity contribution in [2.75, 3.05) is 36.9 Å². The number of benzene rings is 2. The second-order valence-electron chi connectivity index (χ2n) is 8.45. The molecule has 1 saturated heterocycles. The quantitative estimate of drug-likeness (QED) is 0.657. The average Bonchev–Trinajstić information content (AvgIpc) is 2.75. The van der Waals surface area contributed by atoms with E-state index in [9.17, 15) is 13.2 Å². The van der Waals surface area contributed by atoms with Crippen LogP contribution in [-0.2, 0) is 32.6 Å². The van der Waals surface area contributed by atoms with Gasteiger partial charge >= 0.3 is 0 Å². The van der Waals surface area contributed by atoms with Crippen LogP contribution in [0, 0.1) is 13.8 Å². The molecule has 7 nitrogen and oxygen atoms in total. The molecule has 1 N–H and O–H groups in total. The Bertz CT molecular complexity index is 1030. The van der Waals surface area contributed by atoms with Crippen LogP contribution < -0.4 is 9.62 Å². The zero-order valence-electron chi connectivity index (χ0n) is 19.3. The lowest BCUT2D eigenvalue weighted by atomic mass is 10.1. The van der Waals surface area contributed by atoms with Gasteiger partial charge in [0.2, 0.25) is 15.9 Å². The monoisotopic (exact) mass is 459 g/mol. The molecule has 0 radical (unpaired) electrons. The van der Waals surface area contributed by atoms with Crippen molar-refractivity contribution in [2.24, 2.45) is 0 Å². The van der Waals surface area contributed by atoms with Gasteiger partial charge in [0.15, 0.2) is 0 Å².